The molecule has 1 aliphatic rings. The molecule has 0 radical (unpaired) electrons. The Morgan fingerprint density at radius 3 is 1.97 bits per heavy atom. The van der Waals surface area contributed by atoms with E-state index in [1.54, 1.807) is 0 Å². The Balaban J connectivity index is 2.48. The van der Waals surface area contributed by atoms with Crippen molar-refractivity contribution in [1.82, 2.24) is 0 Å². The van der Waals surface area contributed by atoms with E-state index in [0.717, 1.165) is 34.7 Å². The Morgan fingerprint density at radius 1 is 0.857 bits per heavy atom. The van der Waals surface area contributed by atoms with Gasteiger partial charge in [0.05, 0.1) is 4.90 Å². The minimum atomic E-state index is -4.86. The molecule has 0 fully saturated rings. The molecule has 0 atom stereocenters. The lowest BCUT2D eigenvalue weighted by Crippen LogP contribution is -2.13. The maximum absolute atomic E-state index is 12.4. The fourth-order valence-electron chi connectivity index (χ4n) is 3.93. The van der Waals surface area contributed by atoms with Crippen molar-refractivity contribution < 1.29 is 30.5 Å². The molecular formula is C25H29N2O6S2+. The predicted molar refractivity (Wildman–Crippen MR) is 138 cm³/mol. The van der Waals surface area contributed by atoms with Gasteiger partial charge < -0.3 is 4.90 Å². The Hall–Kier alpha value is -3.05. The van der Waals surface area contributed by atoms with E-state index in [1.165, 1.54) is 6.07 Å². The van der Waals surface area contributed by atoms with Crippen molar-refractivity contribution in [1.29, 1.82) is 0 Å². The number of hydrogen-bond acceptors (Lipinski definition) is 5. The third kappa shape index (κ3) is 5.62. The van der Waals surface area contributed by atoms with Crippen LogP contribution in [0.5, 0.6) is 0 Å². The average molecular weight is 518 g/mol. The highest BCUT2D eigenvalue weighted by molar-refractivity contribution is 7.86. The van der Waals surface area contributed by atoms with E-state index < -0.39 is 30.0 Å². The molecule has 0 unspecified atom stereocenters. The van der Waals surface area contributed by atoms with Crippen LogP contribution >= 0.6 is 0 Å². The molecule has 0 saturated heterocycles. The van der Waals surface area contributed by atoms with Gasteiger partial charge in [-0.15, -0.1) is 0 Å². The van der Waals surface area contributed by atoms with Gasteiger partial charge in [0.2, 0.25) is 0 Å². The van der Waals surface area contributed by atoms with Crippen LogP contribution in [0.15, 0.2) is 75.6 Å². The highest BCUT2D eigenvalue weighted by atomic mass is 32.2. The van der Waals surface area contributed by atoms with Crippen molar-refractivity contribution in [2.24, 2.45) is 0 Å². The molecule has 1 aliphatic carbocycles. The topological polar surface area (TPSA) is 115 Å². The third-order valence-corrected chi connectivity index (χ3v) is 7.53. The highest BCUT2D eigenvalue weighted by Gasteiger charge is 2.26. The van der Waals surface area contributed by atoms with Crippen LogP contribution in [-0.4, -0.2) is 64.4 Å². The monoisotopic (exact) mass is 517 g/mol. The average Bonchev–Trinajstić information content (AvgIpc) is 2.74. The van der Waals surface area contributed by atoms with Crippen molar-refractivity contribution in [2.45, 2.75) is 23.6 Å². The number of aryl methyl sites for hydroxylation is 1. The second-order valence-corrected chi connectivity index (χ2v) is 11.6. The summed E-state index contributed by atoms with van der Waals surface area (Å²) in [6.07, 6.45) is 5.72. The zero-order valence-corrected chi connectivity index (χ0v) is 22.1. The van der Waals surface area contributed by atoms with Gasteiger partial charge in [-0.25, -0.2) is 4.58 Å². The van der Waals surface area contributed by atoms with Crippen LogP contribution in [0.4, 0.5) is 5.69 Å². The molecule has 10 heteroatoms. The molecule has 8 nitrogen and oxygen atoms in total. The van der Waals surface area contributed by atoms with Crippen LogP contribution in [0.25, 0.3) is 5.57 Å². The van der Waals surface area contributed by atoms with Gasteiger partial charge >= 0.3 is 0 Å². The fourth-order valence-corrected chi connectivity index (χ4v) is 5.24. The van der Waals surface area contributed by atoms with E-state index in [0.29, 0.717) is 16.7 Å². The summed E-state index contributed by atoms with van der Waals surface area (Å²) in [7, 11) is -1.92. The number of nitrogens with zero attached hydrogens (tertiary/aromatic N) is 2. The first-order valence-corrected chi connectivity index (χ1v) is 13.5. The smallest absolute Gasteiger partial charge is 0.295 e. The molecule has 0 spiro atoms. The van der Waals surface area contributed by atoms with Gasteiger partial charge in [0.15, 0.2) is 5.71 Å². The lowest BCUT2D eigenvalue weighted by Gasteiger charge is -2.22. The van der Waals surface area contributed by atoms with Crippen LogP contribution in [0.2, 0.25) is 0 Å². The molecule has 0 saturated carbocycles. The third-order valence-electron chi connectivity index (χ3n) is 5.79. The zero-order chi connectivity index (χ0) is 26.3. The van der Waals surface area contributed by atoms with Crippen LogP contribution in [-0.2, 0) is 20.2 Å². The minimum Gasteiger partial charge on any atom is -0.378 e. The maximum Gasteiger partial charge on any atom is 0.295 e. The number of hydrogen-bond donors (Lipinski definition) is 2. The maximum atomic E-state index is 12.4. The molecule has 2 aromatic rings. The number of benzene rings is 2. The van der Waals surface area contributed by atoms with Gasteiger partial charge in [0.25, 0.3) is 20.2 Å². The SMILES string of the molecule is CC1=CC(=[N+](C)C)C=CC1=C(c1ccc(N(C)C)cc1C)c1ccc(S(=O)(=O)O)cc1S(=O)(=O)O. The molecule has 2 aromatic carbocycles. The molecule has 0 amide bonds. The molecule has 0 aromatic heterocycles. The lowest BCUT2D eigenvalue weighted by atomic mass is 9.85. The number of anilines is 1. The molecule has 186 valence electrons. The van der Waals surface area contributed by atoms with Gasteiger partial charge in [0, 0.05) is 37.5 Å². The van der Waals surface area contributed by atoms with Gasteiger partial charge in [-0.05, 0) is 72.0 Å². The lowest BCUT2D eigenvalue weighted by molar-refractivity contribution is -0.462. The highest BCUT2D eigenvalue weighted by Crippen LogP contribution is 2.38. The second kappa shape index (κ2) is 9.54. The Kier molecular flexibility index (Phi) is 7.24. The predicted octanol–water partition coefficient (Wildman–Crippen LogP) is 3.59. The van der Waals surface area contributed by atoms with Crippen LogP contribution in [0, 0.1) is 6.92 Å². The zero-order valence-electron chi connectivity index (χ0n) is 20.4. The summed E-state index contributed by atoms with van der Waals surface area (Å²) >= 11 is 0. The van der Waals surface area contributed by atoms with E-state index in [9.17, 15) is 25.9 Å². The molecule has 0 heterocycles. The van der Waals surface area contributed by atoms with E-state index in [4.69, 9.17) is 0 Å². The standard InChI is InChI=1S/C25H28N2O6S2/c1-16-13-18(26(3)4)7-10-21(16)25(22-11-8-19(27(5)6)14-17(22)2)23-12-9-20(34(28,29)30)15-24(23)35(31,32)33/h7-15H,1-6H3,(H-,28,29,30,31,32,33)/p+1. The van der Waals surface area contributed by atoms with Crippen LogP contribution < -0.4 is 4.90 Å². The summed E-state index contributed by atoms with van der Waals surface area (Å²) < 4.78 is 69.7. The van der Waals surface area contributed by atoms with E-state index in [1.807, 2.05) is 87.9 Å². The summed E-state index contributed by atoms with van der Waals surface area (Å²) in [5, 5.41) is 0. The fraction of sp³-hybridized carbons (Fsp3) is 0.240. The van der Waals surface area contributed by atoms with Gasteiger partial charge in [-0.2, -0.15) is 16.8 Å². The van der Waals surface area contributed by atoms with Crippen molar-refractivity contribution >= 4 is 37.2 Å². The molecule has 0 aliphatic heterocycles. The Labute approximate surface area is 206 Å². The minimum absolute atomic E-state index is 0.112. The molecular weight excluding hydrogens is 488 g/mol. The number of rotatable bonds is 5. The first kappa shape index (κ1) is 26.6. The second-order valence-electron chi connectivity index (χ2n) is 8.77. The van der Waals surface area contributed by atoms with Crippen LogP contribution in [0.1, 0.15) is 23.6 Å². The summed E-state index contributed by atoms with van der Waals surface area (Å²) in [5.41, 5.74) is 5.63. The Bertz CT molecular complexity index is 1540. The van der Waals surface area contributed by atoms with Crippen molar-refractivity contribution in [3.63, 3.8) is 0 Å². The normalized spacial score (nSPS) is 15.7. The summed E-state index contributed by atoms with van der Waals surface area (Å²) in [5.74, 6) is 0. The molecule has 2 N–H and O–H groups in total. The van der Waals surface area contributed by atoms with Gasteiger partial charge in [0.1, 0.15) is 19.0 Å². The largest absolute Gasteiger partial charge is 0.378 e. The van der Waals surface area contributed by atoms with Crippen LogP contribution in [0.3, 0.4) is 0 Å². The van der Waals surface area contributed by atoms with Gasteiger partial charge in [-0.3, -0.25) is 9.11 Å². The first-order valence-electron chi connectivity index (χ1n) is 10.6. The Morgan fingerprint density at radius 2 is 1.49 bits per heavy atom. The van der Waals surface area contributed by atoms with E-state index >= 15 is 0 Å². The quantitative estimate of drug-likeness (QED) is 0.460. The van der Waals surface area contributed by atoms with E-state index in [2.05, 4.69) is 0 Å². The van der Waals surface area contributed by atoms with Gasteiger partial charge in [-0.1, -0.05) is 12.1 Å². The van der Waals surface area contributed by atoms with Crippen molar-refractivity contribution in [3.8, 4) is 0 Å². The molecule has 35 heavy (non-hydrogen) atoms. The summed E-state index contributed by atoms with van der Waals surface area (Å²) in [6.45, 7) is 3.79. The van der Waals surface area contributed by atoms with Crippen molar-refractivity contribution in [3.05, 3.63) is 82.5 Å². The number of allylic oxidation sites excluding steroid dienone is 5. The first-order chi connectivity index (χ1) is 16.1. The summed E-state index contributed by atoms with van der Waals surface area (Å²) in [6, 6.07) is 8.90. The van der Waals surface area contributed by atoms with E-state index in [-0.39, 0.29) is 5.56 Å². The summed E-state index contributed by atoms with van der Waals surface area (Å²) in [4.78, 5) is 0.695. The molecule has 3 rings (SSSR count). The van der Waals surface area contributed by atoms with Crippen molar-refractivity contribution in [2.75, 3.05) is 33.1 Å². The molecule has 0 bridgehead atoms.